The lowest BCUT2D eigenvalue weighted by atomic mass is 9.33. The molecule has 0 aromatic heterocycles. The number of rotatable bonds is 5. The van der Waals surface area contributed by atoms with Gasteiger partial charge in [0.25, 0.3) is 0 Å². The summed E-state index contributed by atoms with van der Waals surface area (Å²) in [5.41, 5.74) is 0.733. The van der Waals surface area contributed by atoms with Crippen LogP contribution >= 0.6 is 0 Å². The SMILES string of the molecule is CC(=O)N[C@H]1[C@H](O[C@H]2CC[C@@]3(C)C(CC[C@]4(C)C3CC=C3C5CC(C)(C)CC[C@]5(C(=O)O)CC[C@]34C)C2(C)C)O[C@H](CO)[C@@H](O)[C@@H]1O. The van der Waals surface area contributed by atoms with Crippen molar-refractivity contribution < 1.29 is 39.5 Å². The van der Waals surface area contributed by atoms with Crippen LogP contribution in [0.5, 0.6) is 0 Å². The highest BCUT2D eigenvalue weighted by molar-refractivity contribution is 5.76. The summed E-state index contributed by atoms with van der Waals surface area (Å²) in [6.45, 7) is 17.6. The Kier molecular flexibility index (Phi) is 8.65. The Hall–Kier alpha value is -1.52. The number of fused-ring (bicyclic) bond motifs is 7. The van der Waals surface area contributed by atoms with Gasteiger partial charge in [0.05, 0.1) is 18.1 Å². The first-order valence-electron chi connectivity index (χ1n) is 18.3. The molecule has 0 bridgehead atoms. The van der Waals surface area contributed by atoms with Crippen molar-refractivity contribution in [3.63, 3.8) is 0 Å². The van der Waals surface area contributed by atoms with Gasteiger partial charge in [-0.05, 0) is 109 Å². The highest BCUT2D eigenvalue weighted by Gasteiger charge is 2.69. The van der Waals surface area contributed by atoms with Gasteiger partial charge < -0.3 is 35.2 Å². The van der Waals surface area contributed by atoms with Crippen molar-refractivity contribution in [1.29, 1.82) is 0 Å². The number of nitrogens with one attached hydrogen (secondary N) is 1. The molecule has 0 aromatic carbocycles. The fraction of sp³-hybridized carbons (Fsp3) is 0.895. The molecule has 1 amide bonds. The minimum atomic E-state index is -1.35. The van der Waals surface area contributed by atoms with E-state index in [0.29, 0.717) is 11.8 Å². The van der Waals surface area contributed by atoms with Crippen LogP contribution < -0.4 is 5.32 Å². The van der Waals surface area contributed by atoms with Gasteiger partial charge in [-0.2, -0.15) is 0 Å². The van der Waals surface area contributed by atoms with E-state index in [4.69, 9.17) is 9.47 Å². The molecule has 1 aliphatic heterocycles. The molecule has 0 spiro atoms. The minimum Gasteiger partial charge on any atom is -0.481 e. The van der Waals surface area contributed by atoms with Gasteiger partial charge in [0.2, 0.25) is 5.91 Å². The summed E-state index contributed by atoms with van der Waals surface area (Å²) in [4.78, 5) is 25.0. The first-order valence-corrected chi connectivity index (χ1v) is 18.3. The van der Waals surface area contributed by atoms with Gasteiger partial charge >= 0.3 is 5.97 Å². The second kappa shape index (κ2) is 11.5. The average molecular weight is 660 g/mol. The largest absolute Gasteiger partial charge is 0.481 e. The Morgan fingerprint density at radius 2 is 1.62 bits per heavy atom. The summed E-state index contributed by atoms with van der Waals surface area (Å²) in [7, 11) is 0. The van der Waals surface area contributed by atoms with Gasteiger partial charge in [0, 0.05) is 6.92 Å². The van der Waals surface area contributed by atoms with E-state index in [1.54, 1.807) is 0 Å². The Bertz CT molecular complexity index is 1300. The zero-order valence-corrected chi connectivity index (χ0v) is 30.0. The molecule has 3 unspecified atom stereocenters. The number of amides is 1. The number of hydrogen-bond donors (Lipinski definition) is 5. The Balaban J connectivity index is 1.29. The molecule has 0 aromatic rings. The fourth-order valence-corrected chi connectivity index (χ4v) is 12.6. The van der Waals surface area contributed by atoms with E-state index in [0.717, 1.165) is 64.2 Å². The summed E-state index contributed by atoms with van der Waals surface area (Å²) in [5, 5.41) is 44.7. The number of aliphatic hydroxyl groups excluding tert-OH is 3. The molecule has 9 nitrogen and oxygen atoms in total. The standard InChI is InChI=1S/C38H61NO8/c1-21(41)39-28-30(43)29(42)24(20-40)46-31(28)47-27-12-13-35(6)25(34(27,4)5)11-14-37(8)26(35)10-9-22-23-19-33(2,3)15-17-38(23,32(44)45)18-16-36(22,37)7/h9,23-31,40,42-43H,10-20H2,1-8H3,(H,39,41)(H,44,45)/t23?,24-,25?,26?,27+,28-,29-,30-,31+,35+,36-,37-,38+/m1/s1. The lowest BCUT2D eigenvalue weighted by molar-refractivity contribution is -0.306. The average Bonchev–Trinajstić information content (AvgIpc) is 2.97. The second-order valence-electron chi connectivity index (χ2n) is 18.6. The van der Waals surface area contributed by atoms with E-state index in [1.807, 2.05) is 0 Å². The summed E-state index contributed by atoms with van der Waals surface area (Å²) in [6, 6.07) is -0.958. The number of aliphatic hydroxyl groups is 3. The molecular formula is C38H61NO8. The molecule has 9 heteroatoms. The molecule has 6 rings (SSSR count). The molecule has 47 heavy (non-hydrogen) atoms. The second-order valence-corrected chi connectivity index (χ2v) is 18.6. The molecule has 1 saturated heterocycles. The number of carboxylic acids is 1. The van der Waals surface area contributed by atoms with Gasteiger partial charge in [-0.3, -0.25) is 9.59 Å². The van der Waals surface area contributed by atoms with Gasteiger partial charge in [-0.1, -0.05) is 60.1 Å². The third-order valence-electron chi connectivity index (χ3n) is 15.6. The lowest BCUT2D eigenvalue weighted by Crippen LogP contribution is -2.67. The van der Waals surface area contributed by atoms with Crippen LogP contribution in [0, 0.1) is 50.2 Å². The van der Waals surface area contributed by atoms with E-state index in [9.17, 15) is 30.0 Å². The Morgan fingerprint density at radius 1 is 0.936 bits per heavy atom. The Labute approximate surface area is 281 Å². The summed E-state index contributed by atoms with van der Waals surface area (Å²) < 4.78 is 12.7. The number of hydrogen-bond acceptors (Lipinski definition) is 7. The zero-order valence-electron chi connectivity index (χ0n) is 30.0. The number of carbonyl (C=O) groups is 2. The first kappa shape index (κ1) is 35.3. The maximum atomic E-state index is 13.0. The monoisotopic (exact) mass is 659 g/mol. The van der Waals surface area contributed by atoms with E-state index in [1.165, 1.54) is 12.5 Å². The summed E-state index contributed by atoms with van der Waals surface area (Å²) >= 11 is 0. The quantitative estimate of drug-likeness (QED) is 0.200. The van der Waals surface area contributed by atoms with Crippen molar-refractivity contribution in [3.05, 3.63) is 11.6 Å². The van der Waals surface area contributed by atoms with Gasteiger partial charge in [-0.15, -0.1) is 0 Å². The van der Waals surface area contributed by atoms with E-state index < -0.39 is 48.6 Å². The smallest absolute Gasteiger partial charge is 0.310 e. The molecule has 4 saturated carbocycles. The van der Waals surface area contributed by atoms with Crippen LogP contribution in [0.4, 0.5) is 0 Å². The van der Waals surface area contributed by atoms with E-state index >= 15 is 0 Å². The number of carbonyl (C=O) groups excluding carboxylic acids is 1. The maximum absolute atomic E-state index is 13.0. The predicted octanol–water partition coefficient (Wildman–Crippen LogP) is 5.20. The van der Waals surface area contributed by atoms with Crippen molar-refractivity contribution in [2.75, 3.05) is 6.61 Å². The first-order chi connectivity index (χ1) is 21.8. The zero-order chi connectivity index (χ0) is 34.5. The molecule has 6 aliphatic rings. The number of carboxylic acid groups (broad SMARTS) is 1. The van der Waals surface area contributed by atoms with Crippen molar-refractivity contribution in [1.82, 2.24) is 5.32 Å². The third kappa shape index (κ3) is 5.10. The summed E-state index contributed by atoms with van der Waals surface area (Å²) in [5.74, 6) is -0.0617. The normalized spacial score (nSPS) is 50.1. The van der Waals surface area contributed by atoms with Gasteiger partial charge in [-0.25, -0.2) is 0 Å². The van der Waals surface area contributed by atoms with Crippen LogP contribution in [0.15, 0.2) is 11.6 Å². The van der Waals surface area contributed by atoms with Crippen LogP contribution in [-0.2, 0) is 19.1 Å². The molecule has 5 aliphatic carbocycles. The molecule has 1 heterocycles. The minimum absolute atomic E-state index is 0.0440. The van der Waals surface area contributed by atoms with Crippen LogP contribution in [-0.4, -0.2) is 75.7 Å². The Morgan fingerprint density at radius 3 is 2.26 bits per heavy atom. The third-order valence-corrected chi connectivity index (χ3v) is 15.6. The van der Waals surface area contributed by atoms with Crippen LogP contribution in [0.2, 0.25) is 0 Å². The van der Waals surface area contributed by atoms with Crippen LogP contribution in [0.25, 0.3) is 0 Å². The maximum Gasteiger partial charge on any atom is 0.310 e. The fourth-order valence-electron chi connectivity index (χ4n) is 12.6. The van der Waals surface area contributed by atoms with Gasteiger partial charge in [0.1, 0.15) is 24.4 Å². The van der Waals surface area contributed by atoms with Gasteiger partial charge in [0.15, 0.2) is 6.29 Å². The van der Waals surface area contributed by atoms with Crippen molar-refractivity contribution >= 4 is 11.9 Å². The highest BCUT2D eigenvalue weighted by atomic mass is 16.7. The van der Waals surface area contributed by atoms with Crippen molar-refractivity contribution in [2.45, 2.75) is 156 Å². The van der Waals surface area contributed by atoms with Crippen LogP contribution in [0.3, 0.4) is 0 Å². The summed E-state index contributed by atoms with van der Waals surface area (Å²) in [6.07, 6.45) is 6.79. The topological polar surface area (TPSA) is 146 Å². The molecule has 13 atom stereocenters. The number of aliphatic carboxylic acids is 1. The number of allylic oxidation sites excluding steroid dienone is 2. The molecule has 0 radical (unpaired) electrons. The molecular weight excluding hydrogens is 598 g/mol. The molecule has 5 fully saturated rings. The van der Waals surface area contributed by atoms with E-state index in [-0.39, 0.29) is 45.0 Å². The molecule has 266 valence electrons. The van der Waals surface area contributed by atoms with Crippen LogP contribution in [0.1, 0.15) is 120 Å². The highest BCUT2D eigenvalue weighted by Crippen LogP contribution is 2.76. The number of ether oxygens (including phenoxy) is 2. The predicted molar refractivity (Wildman–Crippen MR) is 177 cm³/mol. The lowest BCUT2D eigenvalue weighted by Gasteiger charge is -2.71. The van der Waals surface area contributed by atoms with Crippen molar-refractivity contribution in [2.24, 2.45) is 50.2 Å². The van der Waals surface area contributed by atoms with Crippen molar-refractivity contribution in [3.8, 4) is 0 Å². The molecule has 5 N–H and O–H groups in total. The van der Waals surface area contributed by atoms with E-state index in [2.05, 4.69) is 59.9 Å².